The van der Waals surface area contributed by atoms with Crippen molar-refractivity contribution in [2.45, 2.75) is 105 Å². The van der Waals surface area contributed by atoms with Gasteiger partial charge in [-0.25, -0.2) is 0 Å². The second-order valence-corrected chi connectivity index (χ2v) is 23.3. The van der Waals surface area contributed by atoms with Crippen LogP contribution in [0.15, 0.2) is 121 Å². The van der Waals surface area contributed by atoms with Crippen molar-refractivity contribution in [3.8, 4) is 67.9 Å². The molecule has 16 bridgehead atoms. The van der Waals surface area contributed by atoms with E-state index in [0.29, 0.717) is 0 Å². The Morgan fingerprint density at radius 2 is 0.559 bits per heavy atom. The zero-order valence-corrected chi connectivity index (χ0v) is 42.3. The van der Waals surface area contributed by atoms with Gasteiger partial charge in [-0.15, -0.1) is 0 Å². The number of nitrogens with one attached hydrogen (secondary N) is 2. The Bertz CT molecular complexity index is 3220. The van der Waals surface area contributed by atoms with Crippen LogP contribution in [0.4, 0.5) is 0 Å². The van der Waals surface area contributed by atoms with Gasteiger partial charge < -0.3 is 28.6 Å². The molecule has 0 spiro atoms. The summed E-state index contributed by atoms with van der Waals surface area (Å²) in [5, 5.41) is 4.87. The Morgan fingerprint density at radius 1 is 0.324 bits per heavy atom. The minimum absolute atomic E-state index is 0.131. The zero-order valence-electron chi connectivity index (χ0n) is 42.3. The molecule has 0 fully saturated rings. The van der Waals surface area contributed by atoms with Gasteiger partial charge in [0.25, 0.3) is 0 Å². The number of methoxy groups -OCH3 is 2. The monoisotopic (exact) mass is 897 g/mol. The lowest BCUT2D eigenvalue weighted by Crippen LogP contribution is -2.12. The summed E-state index contributed by atoms with van der Waals surface area (Å²) in [7, 11) is 3.47. The number of hydrogen-bond donors (Lipinski definition) is 2. The maximum Gasteiger partial charge on any atom is 0.119 e. The number of rotatable bonds is 4. The summed E-state index contributed by atoms with van der Waals surface area (Å²) >= 11 is 0. The van der Waals surface area contributed by atoms with Gasteiger partial charge in [-0.05, 0) is 165 Å². The fourth-order valence-corrected chi connectivity index (χ4v) is 10.5. The molecule has 0 aliphatic carbocycles. The third-order valence-corrected chi connectivity index (χ3v) is 14.6. The summed E-state index contributed by atoms with van der Waals surface area (Å²) in [5.41, 5.74) is 20.3. The Kier molecular flexibility index (Phi) is 9.49. The van der Waals surface area contributed by atoms with E-state index >= 15 is 0 Å². The average Bonchev–Trinajstić information content (AvgIpc) is 4.09. The zero-order chi connectivity index (χ0) is 48.0. The first-order chi connectivity index (χ1) is 32.1. The largest absolute Gasteiger partial charge is 0.497 e. The van der Waals surface area contributed by atoms with Crippen LogP contribution in [-0.2, 0) is 21.7 Å². The number of aromatic amines is 2. The standard InChI is InChI=1S/C62H64N4O2/c1-59(2,3)35-27-43-44-28-36(60(4,5)6)32-48-53-25-26-54(66(53)40-17-21-42(68-14)22-18-40)50-34-38(62(10,11)12)30-46-45-29-37(61(7,8)9)33-49(57(45)64-58(46)50)52-24-23-51(47(31-35)55(43)63-56(44)48)65(52)39-15-19-41(67-13)20-16-39/h15-34,63-64H,1-14H3. The SMILES string of the molecule is COc1ccc(-n2c3ccc2-c2cc(C(C)(C)C)cc4c2[nH]c2c(cc(C(C)(C)C)cc24)-c2ccc(n2-c2ccc(OC)cc2)-c2cc(C(C)(C)C)cc4c2[nH]c2c-3cc(C(C)(C)C)cc24)cc1. The van der Waals surface area contributed by atoms with E-state index in [1.165, 1.54) is 43.8 Å². The number of nitrogens with zero attached hydrogens (tertiary/aromatic N) is 2. The molecule has 6 nitrogen and oxygen atoms in total. The van der Waals surface area contributed by atoms with Crippen LogP contribution in [0.1, 0.15) is 105 Å². The van der Waals surface area contributed by atoms with Crippen molar-refractivity contribution in [1.82, 2.24) is 19.1 Å². The summed E-state index contributed by atoms with van der Waals surface area (Å²) in [5.74, 6) is 1.65. The van der Waals surface area contributed by atoms with Crippen molar-refractivity contribution >= 4 is 43.6 Å². The van der Waals surface area contributed by atoms with Crippen molar-refractivity contribution < 1.29 is 9.47 Å². The van der Waals surface area contributed by atoms with Crippen molar-refractivity contribution in [2.24, 2.45) is 0 Å². The molecule has 1 aliphatic heterocycles. The Morgan fingerprint density at radius 3 is 0.765 bits per heavy atom. The van der Waals surface area contributed by atoms with E-state index in [1.54, 1.807) is 14.2 Å². The molecule has 68 heavy (non-hydrogen) atoms. The van der Waals surface area contributed by atoms with Gasteiger partial charge in [-0.2, -0.15) is 0 Å². The molecule has 344 valence electrons. The fourth-order valence-electron chi connectivity index (χ4n) is 10.5. The van der Waals surface area contributed by atoms with Gasteiger partial charge in [-0.3, -0.25) is 0 Å². The number of aromatic nitrogens is 4. The lowest BCUT2D eigenvalue weighted by molar-refractivity contribution is 0.414. The topological polar surface area (TPSA) is 59.9 Å². The third-order valence-electron chi connectivity index (χ3n) is 14.6. The molecular weight excluding hydrogens is 833 g/mol. The summed E-state index contributed by atoms with van der Waals surface area (Å²) in [6, 6.07) is 46.0. The molecule has 0 saturated carbocycles. The van der Waals surface area contributed by atoms with Gasteiger partial charge in [0.15, 0.2) is 0 Å². The van der Waals surface area contributed by atoms with E-state index in [2.05, 4.69) is 224 Å². The van der Waals surface area contributed by atoms with E-state index in [-0.39, 0.29) is 21.7 Å². The maximum absolute atomic E-state index is 5.74. The molecule has 1 aliphatic rings. The lowest BCUT2D eigenvalue weighted by Gasteiger charge is -2.23. The van der Waals surface area contributed by atoms with Crippen LogP contribution in [0, 0.1) is 0 Å². The highest BCUT2D eigenvalue weighted by atomic mass is 16.5. The number of benzene rings is 6. The number of fused-ring (bicyclic) bond motifs is 8. The normalized spacial score (nSPS) is 13.1. The first kappa shape index (κ1) is 43.6. The molecule has 10 aromatic rings. The highest BCUT2D eigenvalue weighted by Gasteiger charge is 2.30. The van der Waals surface area contributed by atoms with Crippen LogP contribution in [0.2, 0.25) is 0 Å². The second kappa shape index (κ2) is 14.8. The molecule has 0 atom stereocenters. The molecule has 0 radical (unpaired) electrons. The summed E-state index contributed by atoms with van der Waals surface area (Å²) in [6.07, 6.45) is 0. The van der Waals surface area contributed by atoms with E-state index in [9.17, 15) is 0 Å². The van der Waals surface area contributed by atoms with Crippen LogP contribution >= 0.6 is 0 Å². The van der Waals surface area contributed by atoms with Crippen LogP contribution in [-0.4, -0.2) is 33.3 Å². The van der Waals surface area contributed by atoms with Crippen LogP contribution in [0.25, 0.3) is 100 Å². The minimum atomic E-state index is -0.131. The Balaban J connectivity index is 1.41. The molecule has 0 amide bonds. The van der Waals surface area contributed by atoms with E-state index in [4.69, 9.17) is 9.47 Å². The second-order valence-electron chi connectivity index (χ2n) is 23.3. The highest BCUT2D eigenvalue weighted by molar-refractivity contribution is 6.18. The molecule has 5 heterocycles. The fraction of sp³-hybridized carbons (Fsp3) is 0.290. The van der Waals surface area contributed by atoms with Crippen LogP contribution in [0.3, 0.4) is 0 Å². The Labute approximate surface area is 400 Å². The van der Waals surface area contributed by atoms with Crippen LogP contribution in [0.5, 0.6) is 11.5 Å². The molecule has 4 aromatic heterocycles. The molecule has 11 rings (SSSR count). The predicted octanol–water partition coefficient (Wildman–Crippen LogP) is 16.7. The average molecular weight is 897 g/mol. The molecule has 6 heteroatoms. The number of ether oxygens (including phenoxy) is 2. The van der Waals surface area contributed by atoms with Gasteiger partial charge in [0.1, 0.15) is 11.5 Å². The molecule has 6 aromatic carbocycles. The van der Waals surface area contributed by atoms with Crippen molar-refractivity contribution in [1.29, 1.82) is 0 Å². The molecule has 2 N–H and O–H groups in total. The first-order valence-corrected chi connectivity index (χ1v) is 24.1. The van der Waals surface area contributed by atoms with Gasteiger partial charge in [-0.1, -0.05) is 83.1 Å². The van der Waals surface area contributed by atoms with Crippen LogP contribution < -0.4 is 9.47 Å². The molecule has 0 unspecified atom stereocenters. The number of H-pyrrole nitrogens is 2. The molecular formula is C62H64N4O2. The number of hydrogen-bond acceptors (Lipinski definition) is 2. The summed E-state index contributed by atoms with van der Waals surface area (Å²) in [6.45, 7) is 27.9. The minimum Gasteiger partial charge on any atom is -0.497 e. The van der Waals surface area contributed by atoms with Gasteiger partial charge >= 0.3 is 0 Å². The third kappa shape index (κ3) is 6.81. The lowest BCUT2D eigenvalue weighted by atomic mass is 9.83. The van der Waals surface area contributed by atoms with Gasteiger partial charge in [0, 0.05) is 55.2 Å². The van der Waals surface area contributed by atoms with Crippen molar-refractivity contribution in [2.75, 3.05) is 14.2 Å². The maximum atomic E-state index is 5.74. The van der Waals surface area contributed by atoms with Crippen molar-refractivity contribution in [3.05, 3.63) is 144 Å². The summed E-state index contributed by atoms with van der Waals surface area (Å²) < 4.78 is 16.4. The Hall–Kier alpha value is -6.92. The van der Waals surface area contributed by atoms with E-state index in [0.717, 1.165) is 90.0 Å². The smallest absolute Gasteiger partial charge is 0.119 e. The van der Waals surface area contributed by atoms with E-state index in [1.807, 2.05) is 0 Å². The van der Waals surface area contributed by atoms with Gasteiger partial charge in [0.2, 0.25) is 0 Å². The van der Waals surface area contributed by atoms with Crippen molar-refractivity contribution in [3.63, 3.8) is 0 Å². The van der Waals surface area contributed by atoms with E-state index < -0.39 is 0 Å². The highest BCUT2D eigenvalue weighted by Crippen LogP contribution is 2.49. The first-order valence-electron chi connectivity index (χ1n) is 24.1. The summed E-state index contributed by atoms with van der Waals surface area (Å²) in [4.78, 5) is 8.34. The quantitative estimate of drug-likeness (QED) is 0.185. The van der Waals surface area contributed by atoms with Gasteiger partial charge in [0.05, 0.1) is 59.1 Å². The molecule has 0 saturated heterocycles. The predicted molar refractivity (Wildman–Crippen MR) is 287 cm³/mol.